The number of aryl methyl sites for hydroxylation is 2. The number of benzene rings is 4. The number of rotatable bonds is 4. The van der Waals surface area contributed by atoms with Crippen molar-refractivity contribution >= 4 is 23.9 Å². The Bertz CT molecular complexity index is 1520. The van der Waals surface area contributed by atoms with Crippen molar-refractivity contribution in [3.05, 3.63) is 120 Å². The van der Waals surface area contributed by atoms with Crippen molar-refractivity contribution in [3.63, 3.8) is 0 Å². The molecule has 0 amide bonds. The van der Waals surface area contributed by atoms with Crippen LogP contribution in [0.1, 0.15) is 11.1 Å². The van der Waals surface area contributed by atoms with E-state index >= 15 is 0 Å². The predicted molar refractivity (Wildman–Crippen MR) is 153 cm³/mol. The first kappa shape index (κ1) is 30.4. The summed E-state index contributed by atoms with van der Waals surface area (Å²) in [5.74, 6) is 6.52. The Morgan fingerprint density at radius 1 is 0.381 bits per heavy atom. The molecule has 208 valence electrons. The van der Waals surface area contributed by atoms with Gasteiger partial charge in [-0.1, -0.05) is 71.8 Å². The lowest BCUT2D eigenvalue weighted by atomic mass is 10.2. The normalized spacial score (nSPS) is 9.19. The lowest BCUT2D eigenvalue weighted by Crippen LogP contribution is -2.08. The van der Waals surface area contributed by atoms with Gasteiger partial charge in [0.15, 0.2) is 0 Å². The van der Waals surface area contributed by atoms with Crippen LogP contribution in [0.2, 0.25) is 0 Å². The van der Waals surface area contributed by atoms with E-state index in [1.807, 2.05) is 38.1 Å². The zero-order valence-electron chi connectivity index (χ0n) is 22.7. The van der Waals surface area contributed by atoms with Crippen molar-refractivity contribution in [3.8, 4) is 46.7 Å². The second kappa shape index (κ2) is 16.1. The fourth-order valence-corrected chi connectivity index (χ4v) is 2.92. The van der Waals surface area contributed by atoms with Gasteiger partial charge in [0.05, 0.1) is 0 Å². The van der Waals surface area contributed by atoms with Crippen LogP contribution in [0.4, 0.5) is 0 Å². The highest BCUT2D eigenvalue weighted by atomic mass is 16.5. The summed E-state index contributed by atoms with van der Waals surface area (Å²) in [5.41, 5.74) is 2.10. The van der Waals surface area contributed by atoms with Crippen molar-refractivity contribution in [1.29, 1.82) is 0 Å². The van der Waals surface area contributed by atoms with E-state index < -0.39 is 23.9 Å². The molecule has 8 nitrogen and oxygen atoms in total. The maximum atomic E-state index is 11.5. The third-order valence-corrected chi connectivity index (χ3v) is 4.90. The SMILES string of the molecule is Cc1ccc(OC(=O)C#CC(=O)Oc2ccc(C)cc2)cc1.O=C(C#CC(=O)Oc1ccccc1)Oc1ccccc1. The van der Waals surface area contributed by atoms with Gasteiger partial charge in [-0.05, 0) is 62.4 Å². The predicted octanol–water partition coefficient (Wildman–Crippen LogP) is 5.02. The molecule has 0 bridgehead atoms. The Labute approximate surface area is 242 Å². The minimum atomic E-state index is -0.818. The Morgan fingerprint density at radius 2 is 0.619 bits per heavy atom. The van der Waals surface area contributed by atoms with Crippen molar-refractivity contribution in [2.24, 2.45) is 0 Å². The molecule has 0 N–H and O–H groups in total. The van der Waals surface area contributed by atoms with E-state index in [-0.39, 0.29) is 0 Å². The number of hydrogen-bond acceptors (Lipinski definition) is 8. The molecule has 0 aliphatic carbocycles. The van der Waals surface area contributed by atoms with E-state index in [0.29, 0.717) is 23.0 Å². The summed E-state index contributed by atoms with van der Waals surface area (Å²) < 4.78 is 19.7. The lowest BCUT2D eigenvalue weighted by molar-refractivity contribution is -0.130. The van der Waals surface area contributed by atoms with Crippen molar-refractivity contribution < 1.29 is 38.1 Å². The van der Waals surface area contributed by atoms with Gasteiger partial charge in [-0.2, -0.15) is 0 Å². The molecule has 0 heterocycles. The summed E-state index contributed by atoms with van der Waals surface area (Å²) in [5, 5.41) is 0. The van der Waals surface area contributed by atoms with Crippen LogP contribution < -0.4 is 18.9 Å². The smallest absolute Gasteiger partial charge is 0.390 e. The Kier molecular flexibility index (Phi) is 11.7. The summed E-state index contributed by atoms with van der Waals surface area (Å²) in [6.07, 6.45) is 0. The van der Waals surface area contributed by atoms with Gasteiger partial charge in [-0.3, -0.25) is 0 Å². The zero-order chi connectivity index (χ0) is 30.2. The van der Waals surface area contributed by atoms with Crippen LogP contribution in [-0.4, -0.2) is 23.9 Å². The van der Waals surface area contributed by atoms with Crippen LogP contribution in [0.15, 0.2) is 109 Å². The minimum absolute atomic E-state index is 0.364. The quantitative estimate of drug-likeness (QED) is 0.148. The summed E-state index contributed by atoms with van der Waals surface area (Å²) in [7, 11) is 0. The molecule has 0 fully saturated rings. The van der Waals surface area contributed by atoms with E-state index in [4.69, 9.17) is 18.9 Å². The van der Waals surface area contributed by atoms with Crippen LogP contribution in [0, 0.1) is 37.5 Å². The number of para-hydroxylation sites is 2. The Hall–Kier alpha value is -6.12. The molecule has 0 saturated heterocycles. The number of carbonyl (C=O) groups is 4. The van der Waals surface area contributed by atoms with E-state index in [0.717, 1.165) is 11.1 Å². The van der Waals surface area contributed by atoms with E-state index in [9.17, 15) is 19.2 Å². The third-order valence-electron chi connectivity index (χ3n) is 4.90. The van der Waals surface area contributed by atoms with Gasteiger partial charge in [-0.25, -0.2) is 19.2 Å². The highest BCUT2D eigenvalue weighted by Gasteiger charge is 2.04. The molecule has 4 rings (SSSR count). The van der Waals surface area contributed by atoms with Gasteiger partial charge >= 0.3 is 23.9 Å². The molecule has 0 radical (unpaired) electrons. The molecular weight excluding hydrogens is 536 g/mol. The number of carbonyl (C=O) groups excluding carboxylic acids is 4. The zero-order valence-corrected chi connectivity index (χ0v) is 22.7. The average molecular weight is 561 g/mol. The largest absolute Gasteiger partial charge is 0.417 e. The van der Waals surface area contributed by atoms with Crippen LogP contribution in [0.3, 0.4) is 0 Å². The highest BCUT2D eigenvalue weighted by molar-refractivity contribution is 6.00. The van der Waals surface area contributed by atoms with Gasteiger partial charge in [0.2, 0.25) is 0 Å². The van der Waals surface area contributed by atoms with Crippen LogP contribution >= 0.6 is 0 Å². The summed E-state index contributed by atoms with van der Waals surface area (Å²) in [4.78, 5) is 45.7. The molecule has 0 atom stereocenters. The molecular formula is C34H24O8. The number of ether oxygens (including phenoxy) is 4. The fourth-order valence-electron chi connectivity index (χ4n) is 2.92. The van der Waals surface area contributed by atoms with Crippen LogP contribution in [0.25, 0.3) is 0 Å². The molecule has 0 saturated carbocycles. The van der Waals surface area contributed by atoms with Crippen molar-refractivity contribution in [2.45, 2.75) is 13.8 Å². The first-order valence-corrected chi connectivity index (χ1v) is 12.4. The van der Waals surface area contributed by atoms with Crippen molar-refractivity contribution in [1.82, 2.24) is 0 Å². The van der Waals surface area contributed by atoms with Gasteiger partial charge in [0.1, 0.15) is 23.0 Å². The van der Waals surface area contributed by atoms with E-state index in [1.165, 1.54) is 0 Å². The number of hydrogen-bond donors (Lipinski definition) is 0. The molecule has 0 aliphatic heterocycles. The monoisotopic (exact) mass is 560 g/mol. The molecule has 0 spiro atoms. The summed E-state index contributed by atoms with van der Waals surface area (Å²) in [6, 6.07) is 30.8. The lowest BCUT2D eigenvalue weighted by Gasteiger charge is -2.00. The van der Waals surface area contributed by atoms with Gasteiger partial charge in [-0.15, -0.1) is 0 Å². The Balaban J connectivity index is 0.000000231. The van der Waals surface area contributed by atoms with Gasteiger partial charge < -0.3 is 18.9 Å². The molecule has 42 heavy (non-hydrogen) atoms. The Morgan fingerprint density at radius 3 is 0.881 bits per heavy atom. The van der Waals surface area contributed by atoms with E-state index in [1.54, 1.807) is 84.9 Å². The van der Waals surface area contributed by atoms with Gasteiger partial charge in [0.25, 0.3) is 0 Å². The summed E-state index contributed by atoms with van der Waals surface area (Å²) in [6.45, 7) is 3.85. The van der Waals surface area contributed by atoms with E-state index in [2.05, 4.69) is 23.7 Å². The molecule has 8 heteroatoms. The number of esters is 4. The molecule has 4 aromatic rings. The maximum Gasteiger partial charge on any atom is 0.390 e. The molecule has 4 aromatic carbocycles. The fraction of sp³-hybridized carbons (Fsp3) is 0.0588. The second-order valence-corrected chi connectivity index (χ2v) is 8.31. The summed E-state index contributed by atoms with van der Waals surface area (Å²) >= 11 is 0. The second-order valence-electron chi connectivity index (χ2n) is 8.31. The van der Waals surface area contributed by atoms with Gasteiger partial charge in [0, 0.05) is 23.7 Å². The average Bonchev–Trinajstić information content (AvgIpc) is 2.99. The minimum Gasteiger partial charge on any atom is -0.417 e. The standard InChI is InChI=1S/C18H14O4.C16H10O4/c1-13-3-7-15(8-4-13)21-17(19)11-12-18(20)22-16-9-5-14(2)6-10-16;17-15(19-13-7-3-1-4-8-13)11-12-16(18)20-14-9-5-2-6-10-14/h3-10H,1-2H3;1-10H. The molecule has 0 unspecified atom stereocenters. The molecule has 0 aliphatic rings. The first-order chi connectivity index (χ1) is 20.3. The highest BCUT2D eigenvalue weighted by Crippen LogP contribution is 2.13. The maximum absolute atomic E-state index is 11.5. The van der Waals surface area contributed by atoms with Crippen LogP contribution in [-0.2, 0) is 19.2 Å². The third kappa shape index (κ3) is 11.7. The van der Waals surface area contributed by atoms with Crippen LogP contribution in [0.5, 0.6) is 23.0 Å². The van der Waals surface area contributed by atoms with Crippen molar-refractivity contribution in [2.75, 3.05) is 0 Å². The topological polar surface area (TPSA) is 105 Å². The first-order valence-electron chi connectivity index (χ1n) is 12.4. The molecule has 0 aromatic heterocycles.